The lowest BCUT2D eigenvalue weighted by atomic mass is 10.1. The van der Waals surface area contributed by atoms with Gasteiger partial charge in [-0.05, 0) is 30.6 Å². The van der Waals surface area contributed by atoms with E-state index in [4.69, 9.17) is 17.3 Å². The second kappa shape index (κ2) is 7.45. The molecule has 1 atom stereocenters. The summed E-state index contributed by atoms with van der Waals surface area (Å²) in [6.07, 6.45) is 5.51. The van der Waals surface area contributed by atoms with E-state index >= 15 is 0 Å². The van der Waals surface area contributed by atoms with E-state index < -0.39 is 5.97 Å². The summed E-state index contributed by atoms with van der Waals surface area (Å²) in [6, 6.07) is 0. The van der Waals surface area contributed by atoms with Crippen LogP contribution >= 0.6 is 23.6 Å². The summed E-state index contributed by atoms with van der Waals surface area (Å²) in [7, 11) is 0. The molecule has 0 radical (unpaired) electrons. The number of aromatic nitrogens is 1. The van der Waals surface area contributed by atoms with Crippen molar-refractivity contribution in [2.45, 2.75) is 39.7 Å². The van der Waals surface area contributed by atoms with E-state index in [0.29, 0.717) is 22.8 Å². The van der Waals surface area contributed by atoms with Crippen LogP contribution in [0.25, 0.3) is 6.08 Å². The minimum Gasteiger partial charge on any atom is -0.493 e. The van der Waals surface area contributed by atoms with Gasteiger partial charge in [0.15, 0.2) is 3.95 Å². The molecule has 0 fully saturated rings. The van der Waals surface area contributed by atoms with Crippen molar-refractivity contribution in [3.63, 3.8) is 0 Å². The number of allylic oxidation sites excluding steroid dienone is 1. The minimum absolute atomic E-state index is 0.0785. The molecule has 19 heavy (non-hydrogen) atoms. The Morgan fingerprint density at radius 1 is 1.58 bits per heavy atom. The van der Waals surface area contributed by atoms with E-state index in [9.17, 15) is 9.90 Å². The Labute approximate surface area is 122 Å². The van der Waals surface area contributed by atoms with E-state index in [0.717, 1.165) is 11.3 Å². The summed E-state index contributed by atoms with van der Waals surface area (Å²) < 4.78 is 2.17. The summed E-state index contributed by atoms with van der Waals surface area (Å²) >= 11 is 6.53. The van der Waals surface area contributed by atoms with Gasteiger partial charge in [-0.25, -0.2) is 0 Å². The SMILES string of the molecule is CCC(C)C=Cc1sc(=S)n(CCCC(=O)O)c1O. The Morgan fingerprint density at radius 2 is 2.26 bits per heavy atom. The van der Waals surface area contributed by atoms with Crippen molar-refractivity contribution in [2.75, 3.05) is 0 Å². The standard InChI is InChI=1S/C13H19NO3S2/c1-3-9(2)6-7-10-12(17)14(13(18)19-10)8-4-5-11(15)16/h6-7,9,17H,3-5,8H2,1-2H3,(H,15,16). The topological polar surface area (TPSA) is 62.5 Å². The van der Waals surface area contributed by atoms with Crippen LogP contribution in [0.3, 0.4) is 0 Å². The van der Waals surface area contributed by atoms with Crippen molar-refractivity contribution >= 4 is 35.6 Å². The van der Waals surface area contributed by atoms with Crippen molar-refractivity contribution in [1.82, 2.24) is 4.57 Å². The highest BCUT2D eigenvalue weighted by Gasteiger charge is 2.10. The van der Waals surface area contributed by atoms with Crippen LogP contribution in [0.1, 0.15) is 38.0 Å². The molecule has 1 heterocycles. The molecule has 0 spiro atoms. The Bertz CT molecular complexity index is 516. The molecule has 0 aliphatic carbocycles. The zero-order valence-corrected chi connectivity index (χ0v) is 12.8. The van der Waals surface area contributed by atoms with Gasteiger partial charge in [0.1, 0.15) is 0 Å². The Balaban J connectivity index is 2.79. The van der Waals surface area contributed by atoms with E-state index in [-0.39, 0.29) is 12.3 Å². The second-order valence-electron chi connectivity index (χ2n) is 4.45. The maximum absolute atomic E-state index is 10.5. The predicted octanol–water partition coefficient (Wildman–Crippen LogP) is 3.91. The molecule has 0 saturated carbocycles. The van der Waals surface area contributed by atoms with Crippen molar-refractivity contribution < 1.29 is 15.0 Å². The molecule has 6 heteroatoms. The molecular formula is C13H19NO3S2. The number of carbonyl (C=O) groups is 1. The maximum atomic E-state index is 10.5. The zero-order valence-electron chi connectivity index (χ0n) is 11.1. The van der Waals surface area contributed by atoms with Crippen LogP contribution < -0.4 is 0 Å². The zero-order chi connectivity index (χ0) is 14.4. The first-order chi connectivity index (χ1) is 8.95. The molecular weight excluding hydrogens is 282 g/mol. The fraction of sp³-hybridized carbons (Fsp3) is 0.538. The summed E-state index contributed by atoms with van der Waals surface area (Å²) in [6.45, 7) is 4.65. The van der Waals surface area contributed by atoms with E-state index in [1.54, 1.807) is 4.57 Å². The lowest BCUT2D eigenvalue weighted by molar-refractivity contribution is -0.137. The van der Waals surface area contributed by atoms with Gasteiger partial charge >= 0.3 is 5.97 Å². The first kappa shape index (κ1) is 15.9. The van der Waals surface area contributed by atoms with Crippen molar-refractivity contribution in [1.29, 1.82) is 0 Å². The van der Waals surface area contributed by atoms with Crippen LogP contribution in [0.15, 0.2) is 6.08 Å². The first-order valence-electron chi connectivity index (χ1n) is 6.28. The summed E-state index contributed by atoms with van der Waals surface area (Å²) in [5.74, 6) is -0.242. The quantitative estimate of drug-likeness (QED) is 0.750. The molecule has 0 aliphatic heterocycles. The number of hydrogen-bond donors (Lipinski definition) is 2. The number of hydrogen-bond acceptors (Lipinski definition) is 4. The highest BCUT2D eigenvalue weighted by Crippen LogP contribution is 2.28. The monoisotopic (exact) mass is 301 g/mol. The highest BCUT2D eigenvalue weighted by molar-refractivity contribution is 7.73. The molecule has 1 unspecified atom stereocenters. The molecule has 106 valence electrons. The van der Waals surface area contributed by atoms with E-state index in [1.165, 1.54) is 11.3 Å². The fourth-order valence-electron chi connectivity index (χ4n) is 1.50. The number of thiazole rings is 1. The van der Waals surface area contributed by atoms with Crippen LogP contribution in [0, 0.1) is 9.87 Å². The Morgan fingerprint density at radius 3 is 2.84 bits per heavy atom. The van der Waals surface area contributed by atoms with Crippen molar-refractivity contribution in [2.24, 2.45) is 5.92 Å². The molecule has 4 nitrogen and oxygen atoms in total. The predicted molar refractivity (Wildman–Crippen MR) is 80.2 cm³/mol. The number of aliphatic carboxylic acids is 1. The molecule has 2 N–H and O–H groups in total. The van der Waals surface area contributed by atoms with Crippen molar-refractivity contribution in [3.05, 3.63) is 14.9 Å². The molecule has 0 saturated heterocycles. The maximum Gasteiger partial charge on any atom is 0.303 e. The van der Waals surface area contributed by atoms with E-state index in [2.05, 4.69) is 13.8 Å². The van der Waals surface area contributed by atoms with Crippen molar-refractivity contribution in [3.8, 4) is 5.88 Å². The van der Waals surface area contributed by atoms with Gasteiger partial charge in [-0.2, -0.15) is 0 Å². The fourth-order valence-corrected chi connectivity index (χ4v) is 2.77. The lowest BCUT2D eigenvalue weighted by Crippen LogP contribution is -2.01. The lowest BCUT2D eigenvalue weighted by Gasteiger charge is -2.03. The molecule has 0 aliphatic rings. The van der Waals surface area contributed by atoms with Gasteiger partial charge in [-0.3, -0.25) is 9.36 Å². The molecule has 1 aromatic rings. The third kappa shape index (κ3) is 4.80. The summed E-state index contributed by atoms with van der Waals surface area (Å²) in [4.78, 5) is 11.2. The number of carboxylic acid groups (broad SMARTS) is 1. The van der Waals surface area contributed by atoms with Gasteiger partial charge < -0.3 is 10.2 Å². The first-order valence-corrected chi connectivity index (χ1v) is 7.50. The largest absolute Gasteiger partial charge is 0.493 e. The number of rotatable bonds is 7. The van der Waals surface area contributed by atoms with Gasteiger partial charge in [0.05, 0.1) is 4.88 Å². The van der Waals surface area contributed by atoms with Crippen LogP contribution in [-0.2, 0) is 11.3 Å². The normalized spacial score (nSPS) is 12.9. The van der Waals surface area contributed by atoms with Crippen LogP contribution in [-0.4, -0.2) is 20.7 Å². The smallest absolute Gasteiger partial charge is 0.303 e. The van der Waals surface area contributed by atoms with Gasteiger partial charge in [0.2, 0.25) is 5.88 Å². The van der Waals surface area contributed by atoms with Gasteiger partial charge in [-0.1, -0.05) is 26.3 Å². The molecule has 0 bridgehead atoms. The second-order valence-corrected chi connectivity index (χ2v) is 6.13. The third-order valence-corrected chi connectivity index (χ3v) is 4.29. The molecule has 0 aromatic carbocycles. The highest BCUT2D eigenvalue weighted by atomic mass is 32.1. The molecule has 1 aromatic heterocycles. The Kier molecular flexibility index (Phi) is 6.24. The van der Waals surface area contributed by atoms with Gasteiger partial charge in [-0.15, -0.1) is 11.3 Å². The van der Waals surface area contributed by atoms with Crippen LogP contribution in [0.2, 0.25) is 0 Å². The summed E-state index contributed by atoms with van der Waals surface area (Å²) in [5.41, 5.74) is 0. The number of aromatic hydroxyl groups is 1. The molecule has 0 amide bonds. The minimum atomic E-state index is -0.835. The number of carboxylic acids is 1. The third-order valence-electron chi connectivity index (χ3n) is 2.89. The average Bonchev–Trinajstić information content (AvgIpc) is 2.62. The van der Waals surface area contributed by atoms with E-state index in [1.807, 2.05) is 12.2 Å². The Hall–Kier alpha value is -1.14. The van der Waals surface area contributed by atoms with Gasteiger partial charge in [0.25, 0.3) is 0 Å². The molecule has 1 rings (SSSR count). The summed E-state index contributed by atoms with van der Waals surface area (Å²) in [5, 5.41) is 18.7. The average molecular weight is 301 g/mol. The van der Waals surface area contributed by atoms with Gasteiger partial charge in [0, 0.05) is 13.0 Å². The van der Waals surface area contributed by atoms with Crippen LogP contribution in [0.4, 0.5) is 0 Å². The number of nitrogens with zero attached hydrogens (tertiary/aromatic N) is 1. The van der Waals surface area contributed by atoms with Crippen LogP contribution in [0.5, 0.6) is 5.88 Å².